The summed E-state index contributed by atoms with van der Waals surface area (Å²) in [6.45, 7) is 2.11. The van der Waals surface area contributed by atoms with Crippen LogP contribution in [0.2, 0.25) is 0 Å². The molecule has 7 nitrogen and oxygen atoms in total. The van der Waals surface area contributed by atoms with E-state index in [1.807, 2.05) is 35.0 Å². The lowest BCUT2D eigenvalue weighted by molar-refractivity contribution is -0.141. The number of carbonyl (C=O) groups excluding carboxylic acids is 1. The summed E-state index contributed by atoms with van der Waals surface area (Å²) in [5, 5.41) is 16.7. The predicted octanol–water partition coefficient (Wildman–Crippen LogP) is 5.71. The third-order valence-corrected chi connectivity index (χ3v) is 6.02. The lowest BCUT2D eigenvalue weighted by atomic mass is 9.98. The van der Waals surface area contributed by atoms with Crippen molar-refractivity contribution >= 4 is 22.8 Å². The second-order valence-corrected chi connectivity index (χ2v) is 8.62. The van der Waals surface area contributed by atoms with E-state index in [9.17, 15) is 22.8 Å². The van der Waals surface area contributed by atoms with Gasteiger partial charge in [0, 0.05) is 29.3 Å². The summed E-state index contributed by atoms with van der Waals surface area (Å²) in [4.78, 5) is 26.6. The standard InChI is InChI=1S/C27H25F3N4O3/c1-2-3-22(18-6-4-17(5-7-18)20-9-11-24(32-15-20)27(28,29)30)34-23-10-8-19(14-21(23)16-33-34)26(37)31-13-12-25(35)36/h4-11,14-16,22H,2-3,12-13H2,1H3,(H,31,37)(H,35,36). The lowest BCUT2D eigenvalue weighted by Crippen LogP contribution is -2.25. The number of hydrogen-bond acceptors (Lipinski definition) is 4. The van der Waals surface area contributed by atoms with Crippen molar-refractivity contribution in [2.45, 2.75) is 38.4 Å². The van der Waals surface area contributed by atoms with Gasteiger partial charge in [0.05, 0.1) is 24.2 Å². The number of carboxylic acids is 1. The Morgan fingerprint density at radius 2 is 1.76 bits per heavy atom. The molecule has 4 rings (SSSR count). The van der Waals surface area contributed by atoms with Gasteiger partial charge in [-0.25, -0.2) is 0 Å². The second-order valence-electron chi connectivity index (χ2n) is 8.62. The zero-order valence-corrected chi connectivity index (χ0v) is 20.0. The largest absolute Gasteiger partial charge is 0.481 e. The fourth-order valence-electron chi connectivity index (χ4n) is 4.16. The Balaban J connectivity index is 1.56. The molecule has 1 atom stereocenters. The fraction of sp³-hybridized carbons (Fsp3) is 0.259. The van der Waals surface area contributed by atoms with E-state index in [1.54, 1.807) is 18.3 Å². The molecule has 0 saturated heterocycles. The van der Waals surface area contributed by atoms with Crippen LogP contribution in [-0.2, 0) is 11.0 Å². The SMILES string of the molecule is CCCC(c1ccc(-c2ccc(C(F)(F)F)nc2)cc1)n1ncc2cc(C(=O)NCCC(=O)O)ccc21. The highest BCUT2D eigenvalue weighted by Crippen LogP contribution is 2.31. The molecule has 1 amide bonds. The van der Waals surface area contributed by atoms with Crippen LogP contribution in [0, 0.1) is 0 Å². The minimum Gasteiger partial charge on any atom is -0.481 e. The number of benzene rings is 2. The van der Waals surface area contributed by atoms with Gasteiger partial charge >= 0.3 is 12.1 Å². The van der Waals surface area contributed by atoms with E-state index in [0.717, 1.165) is 40.9 Å². The lowest BCUT2D eigenvalue weighted by Gasteiger charge is -2.19. The maximum atomic E-state index is 12.8. The first-order valence-corrected chi connectivity index (χ1v) is 11.8. The molecule has 1 unspecified atom stereocenters. The smallest absolute Gasteiger partial charge is 0.433 e. The van der Waals surface area contributed by atoms with Crippen LogP contribution < -0.4 is 5.32 Å². The highest BCUT2D eigenvalue weighted by molar-refractivity contribution is 5.98. The van der Waals surface area contributed by atoms with Gasteiger partial charge in [-0.3, -0.25) is 19.3 Å². The van der Waals surface area contributed by atoms with Crippen molar-refractivity contribution in [2.75, 3.05) is 6.54 Å². The van der Waals surface area contributed by atoms with Crippen molar-refractivity contribution in [1.82, 2.24) is 20.1 Å². The maximum Gasteiger partial charge on any atom is 0.433 e. The molecule has 2 N–H and O–H groups in total. The van der Waals surface area contributed by atoms with Gasteiger partial charge in [0.2, 0.25) is 0 Å². The van der Waals surface area contributed by atoms with Gasteiger partial charge in [-0.1, -0.05) is 43.7 Å². The van der Waals surface area contributed by atoms with E-state index >= 15 is 0 Å². The summed E-state index contributed by atoms with van der Waals surface area (Å²) in [5.74, 6) is -1.34. The molecule has 0 bridgehead atoms. The van der Waals surface area contributed by atoms with E-state index < -0.39 is 17.8 Å². The predicted molar refractivity (Wildman–Crippen MR) is 132 cm³/mol. The number of nitrogens with one attached hydrogen (secondary N) is 1. The number of aromatic nitrogens is 3. The number of hydrogen-bond donors (Lipinski definition) is 2. The number of rotatable bonds is 9. The maximum absolute atomic E-state index is 12.8. The molecule has 0 fully saturated rings. The Morgan fingerprint density at radius 3 is 2.38 bits per heavy atom. The topological polar surface area (TPSA) is 97.1 Å². The van der Waals surface area contributed by atoms with Gasteiger partial charge in [0.25, 0.3) is 5.91 Å². The second kappa shape index (κ2) is 10.8. The summed E-state index contributed by atoms with van der Waals surface area (Å²) >= 11 is 0. The van der Waals surface area contributed by atoms with Crippen molar-refractivity contribution in [3.8, 4) is 11.1 Å². The summed E-state index contributed by atoms with van der Waals surface area (Å²) in [6.07, 6.45) is -0.0336. The summed E-state index contributed by atoms with van der Waals surface area (Å²) in [5.41, 5.74) is 2.67. The monoisotopic (exact) mass is 510 g/mol. The average molecular weight is 511 g/mol. The number of fused-ring (bicyclic) bond motifs is 1. The van der Waals surface area contributed by atoms with Crippen molar-refractivity contribution < 1.29 is 27.9 Å². The molecule has 0 saturated carbocycles. The summed E-state index contributed by atoms with van der Waals surface area (Å²) in [6, 6.07) is 15.1. The first-order chi connectivity index (χ1) is 17.7. The van der Waals surface area contributed by atoms with Gasteiger partial charge in [0.15, 0.2) is 0 Å². The molecule has 2 heterocycles. The minimum atomic E-state index is -4.48. The zero-order valence-electron chi connectivity index (χ0n) is 20.0. The number of aliphatic carboxylic acids is 1. The van der Waals surface area contributed by atoms with Crippen LogP contribution in [0.4, 0.5) is 13.2 Å². The quantitative estimate of drug-likeness (QED) is 0.301. The Kier molecular flexibility index (Phi) is 7.56. The van der Waals surface area contributed by atoms with Gasteiger partial charge in [-0.2, -0.15) is 18.3 Å². The number of alkyl halides is 3. The van der Waals surface area contributed by atoms with Gasteiger partial charge in [-0.05, 0) is 41.8 Å². The molecule has 10 heteroatoms. The average Bonchev–Trinajstić information content (AvgIpc) is 3.30. The molecule has 2 aromatic heterocycles. The molecule has 4 aromatic rings. The van der Waals surface area contributed by atoms with E-state index in [0.29, 0.717) is 11.1 Å². The van der Waals surface area contributed by atoms with Crippen LogP contribution in [0.5, 0.6) is 0 Å². The fourth-order valence-corrected chi connectivity index (χ4v) is 4.16. The summed E-state index contributed by atoms with van der Waals surface area (Å²) < 4.78 is 40.3. The van der Waals surface area contributed by atoms with Crippen LogP contribution in [0.1, 0.15) is 53.8 Å². The molecular weight excluding hydrogens is 485 g/mol. The van der Waals surface area contributed by atoms with E-state index in [1.165, 1.54) is 12.3 Å². The molecule has 37 heavy (non-hydrogen) atoms. The number of halogens is 3. The Bertz CT molecular complexity index is 1400. The van der Waals surface area contributed by atoms with Crippen molar-refractivity contribution in [3.63, 3.8) is 0 Å². The van der Waals surface area contributed by atoms with Crippen molar-refractivity contribution in [3.05, 3.63) is 83.8 Å². The number of carbonyl (C=O) groups is 2. The highest BCUT2D eigenvalue weighted by atomic mass is 19.4. The molecule has 2 aromatic carbocycles. The third kappa shape index (κ3) is 5.96. The number of pyridine rings is 1. The molecule has 0 aliphatic rings. The van der Waals surface area contributed by atoms with Crippen LogP contribution in [0.25, 0.3) is 22.0 Å². The van der Waals surface area contributed by atoms with Crippen molar-refractivity contribution in [1.29, 1.82) is 0 Å². The van der Waals surface area contributed by atoms with Crippen LogP contribution in [0.15, 0.2) is 67.0 Å². The molecule has 0 radical (unpaired) electrons. The van der Waals surface area contributed by atoms with Gasteiger partial charge in [-0.15, -0.1) is 0 Å². The first-order valence-electron chi connectivity index (χ1n) is 11.8. The third-order valence-electron chi connectivity index (χ3n) is 6.02. The minimum absolute atomic E-state index is 0.0442. The van der Waals surface area contributed by atoms with Crippen LogP contribution in [0.3, 0.4) is 0 Å². The zero-order chi connectivity index (χ0) is 26.6. The van der Waals surface area contributed by atoms with Crippen LogP contribution in [-0.4, -0.2) is 38.3 Å². The van der Waals surface area contributed by atoms with Crippen LogP contribution >= 0.6 is 0 Å². The number of carboxylic acid groups (broad SMARTS) is 1. The Labute approximate surface area is 211 Å². The van der Waals surface area contributed by atoms with Crippen molar-refractivity contribution in [2.24, 2.45) is 0 Å². The Morgan fingerprint density at radius 1 is 1.03 bits per heavy atom. The molecule has 0 aliphatic heterocycles. The van der Waals surface area contributed by atoms with Gasteiger partial charge < -0.3 is 10.4 Å². The van der Waals surface area contributed by atoms with E-state index in [2.05, 4.69) is 22.3 Å². The summed E-state index contributed by atoms with van der Waals surface area (Å²) in [7, 11) is 0. The number of nitrogens with zero attached hydrogens (tertiary/aromatic N) is 3. The Hall–Kier alpha value is -4.21. The highest BCUT2D eigenvalue weighted by Gasteiger charge is 2.32. The normalized spacial score (nSPS) is 12.4. The molecule has 0 spiro atoms. The van der Waals surface area contributed by atoms with E-state index in [-0.39, 0.29) is 24.9 Å². The molecular formula is C27H25F3N4O3. The molecule has 192 valence electrons. The van der Waals surface area contributed by atoms with Gasteiger partial charge in [0.1, 0.15) is 5.69 Å². The van der Waals surface area contributed by atoms with E-state index in [4.69, 9.17) is 5.11 Å². The molecule has 0 aliphatic carbocycles. The first kappa shape index (κ1) is 25.9. The number of amides is 1.